The second kappa shape index (κ2) is 3.01. The third-order valence-electron chi connectivity index (χ3n) is 2.19. The number of thioether (sulfide) groups is 1. The molecule has 2 rings (SSSR count). The molecule has 0 saturated carbocycles. The van der Waals surface area contributed by atoms with E-state index in [0.717, 1.165) is 23.9 Å². The highest BCUT2D eigenvalue weighted by Crippen LogP contribution is 2.25. The summed E-state index contributed by atoms with van der Waals surface area (Å²) in [5.74, 6) is 4.48. The van der Waals surface area contributed by atoms with Crippen molar-refractivity contribution < 1.29 is 0 Å². The molecule has 3 nitrogen and oxygen atoms in total. The van der Waals surface area contributed by atoms with Crippen LogP contribution in [0.2, 0.25) is 0 Å². The molecule has 0 aromatic carbocycles. The average molecular weight is 197 g/mol. The molecule has 0 spiro atoms. The number of rotatable bonds is 0. The summed E-state index contributed by atoms with van der Waals surface area (Å²) < 4.78 is 2.26. The lowest BCUT2D eigenvalue weighted by Crippen LogP contribution is -2.21. The average Bonchev–Trinajstić information content (AvgIpc) is 2.45. The number of aromatic nitrogens is 3. The minimum atomic E-state index is 0.114. The van der Waals surface area contributed by atoms with Gasteiger partial charge in [0.15, 0.2) is 0 Å². The maximum absolute atomic E-state index is 4.27. The molecule has 2 heterocycles. The fourth-order valence-corrected chi connectivity index (χ4v) is 2.44. The first-order chi connectivity index (χ1) is 6.09. The predicted octanol–water partition coefficient (Wildman–Crippen LogP) is 1.82. The van der Waals surface area contributed by atoms with Crippen molar-refractivity contribution in [1.82, 2.24) is 14.8 Å². The lowest BCUT2D eigenvalue weighted by atomic mass is 9.96. The zero-order valence-electron chi connectivity index (χ0n) is 8.37. The van der Waals surface area contributed by atoms with Crippen LogP contribution in [0.15, 0.2) is 0 Å². The Labute approximate surface area is 82.9 Å². The molecule has 0 unspecified atom stereocenters. The molecule has 0 aliphatic carbocycles. The van der Waals surface area contributed by atoms with Gasteiger partial charge in [-0.1, -0.05) is 20.8 Å². The van der Waals surface area contributed by atoms with E-state index in [4.69, 9.17) is 0 Å². The van der Waals surface area contributed by atoms with Crippen LogP contribution in [0, 0.1) is 0 Å². The number of fused-ring (bicyclic) bond motifs is 1. The molecule has 1 aliphatic rings. The number of hydrogen-bond donors (Lipinski definition) is 0. The SMILES string of the molecule is CC(C)(C)c1nnc2n1CSCC2. The van der Waals surface area contributed by atoms with Gasteiger partial charge in [-0.25, -0.2) is 0 Å². The van der Waals surface area contributed by atoms with Crippen LogP contribution >= 0.6 is 11.8 Å². The van der Waals surface area contributed by atoms with Crippen LogP contribution in [-0.2, 0) is 17.7 Å². The Morgan fingerprint density at radius 3 is 2.77 bits per heavy atom. The Morgan fingerprint density at radius 1 is 1.31 bits per heavy atom. The monoisotopic (exact) mass is 197 g/mol. The Balaban J connectivity index is 2.43. The first-order valence-corrected chi connectivity index (χ1v) is 5.75. The largest absolute Gasteiger partial charge is 0.305 e. The highest BCUT2D eigenvalue weighted by molar-refractivity contribution is 7.98. The van der Waals surface area contributed by atoms with Crippen LogP contribution in [0.1, 0.15) is 32.4 Å². The third-order valence-corrected chi connectivity index (χ3v) is 3.12. The van der Waals surface area contributed by atoms with Crippen LogP contribution < -0.4 is 0 Å². The van der Waals surface area contributed by atoms with Crippen molar-refractivity contribution in [3.8, 4) is 0 Å². The lowest BCUT2D eigenvalue weighted by Gasteiger charge is -2.21. The minimum absolute atomic E-state index is 0.114. The normalized spacial score (nSPS) is 17.2. The highest BCUT2D eigenvalue weighted by Gasteiger charge is 2.24. The molecule has 0 bridgehead atoms. The topological polar surface area (TPSA) is 30.7 Å². The van der Waals surface area contributed by atoms with E-state index in [1.807, 2.05) is 11.8 Å². The lowest BCUT2D eigenvalue weighted by molar-refractivity contribution is 0.513. The smallest absolute Gasteiger partial charge is 0.139 e. The molecular formula is C9H15N3S. The maximum Gasteiger partial charge on any atom is 0.139 e. The van der Waals surface area contributed by atoms with Gasteiger partial charge in [-0.05, 0) is 0 Å². The standard InChI is InChI=1S/C9H15N3S/c1-9(2,3)8-11-10-7-4-5-13-6-12(7)8/h4-6H2,1-3H3. The molecule has 0 fully saturated rings. The summed E-state index contributed by atoms with van der Waals surface area (Å²) in [5, 5.41) is 8.49. The molecule has 0 saturated heterocycles. The Bertz CT molecular complexity index is 311. The number of nitrogens with zero attached hydrogens (tertiary/aromatic N) is 3. The van der Waals surface area contributed by atoms with Crippen LogP contribution in [0.3, 0.4) is 0 Å². The van der Waals surface area contributed by atoms with Gasteiger partial charge in [0.1, 0.15) is 11.6 Å². The number of aryl methyl sites for hydroxylation is 1. The summed E-state index contributed by atoms with van der Waals surface area (Å²) in [6.07, 6.45) is 1.06. The van der Waals surface area contributed by atoms with Crippen molar-refractivity contribution in [2.45, 2.75) is 38.5 Å². The van der Waals surface area contributed by atoms with E-state index < -0.39 is 0 Å². The fourth-order valence-electron chi connectivity index (χ4n) is 1.53. The molecule has 0 atom stereocenters. The van der Waals surface area contributed by atoms with Crippen LogP contribution in [0.25, 0.3) is 0 Å². The van der Waals surface area contributed by atoms with Gasteiger partial charge in [0.05, 0.1) is 5.88 Å². The van der Waals surface area contributed by atoms with E-state index in [9.17, 15) is 0 Å². The summed E-state index contributed by atoms with van der Waals surface area (Å²) in [6, 6.07) is 0. The van der Waals surface area contributed by atoms with Gasteiger partial charge in [-0.2, -0.15) is 0 Å². The molecule has 1 aromatic rings. The van der Waals surface area contributed by atoms with E-state index in [-0.39, 0.29) is 5.41 Å². The van der Waals surface area contributed by atoms with E-state index in [2.05, 4.69) is 35.5 Å². The summed E-state index contributed by atoms with van der Waals surface area (Å²) in [6.45, 7) is 6.55. The van der Waals surface area contributed by atoms with E-state index >= 15 is 0 Å². The van der Waals surface area contributed by atoms with Gasteiger partial charge in [0.2, 0.25) is 0 Å². The van der Waals surface area contributed by atoms with Crippen LogP contribution in [0.5, 0.6) is 0 Å². The second-order valence-electron chi connectivity index (χ2n) is 4.41. The molecule has 0 N–H and O–H groups in total. The molecule has 13 heavy (non-hydrogen) atoms. The second-order valence-corrected chi connectivity index (χ2v) is 5.48. The van der Waals surface area contributed by atoms with Crippen molar-refractivity contribution >= 4 is 11.8 Å². The van der Waals surface area contributed by atoms with Crippen LogP contribution in [-0.4, -0.2) is 20.5 Å². The molecule has 1 aliphatic heterocycles. The Kier molecular flexibility index (Phi) is 2.10. The molecule has 0 radical (unpaired) electrons. The van der Waals surface area contributed by atoms with Gasteiger partial charge >= 0.3 is 0 Å². The zero-order valence-corrected chi connectivity index (χ0v) is 9.19. The zero-order chi connectivity index (χ0) is 9.47. The van der Waals surface area contributed by atoms with Crippen LogP contribution in [0.4, 0.5) is 0 Å². The van der Waals surface area contributed by atoms with E-state index in [1.54, 1.807) is 0 Å². The number of hydrogen-bond acceptors (Lipinski definition) is 3. The van der Waals surface area contributed by atoms with Crippen molar-refractivity contribution in [3.63, 3.8) is 0 Å². The first kappa shape index (κ1) is 9.06. The maximum atomic E-state index is 4.27. The third kappa shape index (κ3) is 1.59. The van der Waals surface area contributed by atoms with Crippen molar-refractivity contribution in [1.29, 1.82) is 0 Å². The van der Waals surface area contributed by atoms with E-state index in [0.29, 0.717) is 0 Å². The van der Waals surface area contributed by atoms with Gasteiger partial charge in [-0.15, -0.1) is 22.0 Å². The van der Waals surface area contributed by atoms with E-state index in [1.165, 1.54) is 5.75 Å². The van der Waals surface area contributed by atoms with Crippen molar-refractivity contribution in [2.75, 3.05) is 5.75 Å². The molecule has 1 aromatic heterocycles. The molecule has 4 heteroatoms. The summed E-state index contributed by atoms with van der Waals surface area (Å²) in [5.41, 5.74) is 0.114. The van der Waals surface area contributed by atoms with Gasteiger partial charge in [0, 0.05) is 17.6 Å². The summed E-state index contributed by atoms with van der Waals surface area (Å²) >= 11 is 1.96. The summed E-state index contributed by atoms with van der Waals surface area (Å²) in [4.78, 5) is 0. The Hall–Kier alpha value is -0.510. The van der Waals surface area contributed by atoms with Crippen molar-refractivity contribution in [2.24, 2.45) is 0 Å². The molecule has 72 valence electrons. The molecular weight excluding hydrogens is 182 g/mol. The summed E-state index contributed by atoms with van der Waals surface area (Å²) in [7, 11) is 0. The minimum Gasteiger partial charge on any atom is -0.305 e. The van der Waals surface area contributed by atoms with Gasteiger partial charge in [0.25, 0.3) is 0 Å². The van der Waals surface area contributed by atoms with Crippen molar-refractivity contribution in [3.05, 3.63) is 11.6 Å². The molecule has 0 amide bonds. The van der Waals surface area contributed by atoms with Gasteiger partial charge in [-0.3, -0.25) is 0 Å². The quantitative estimate of drug-likeness (QED) is 0.635. The highest BCUT2D eigenvalue weighted by atomic mass is 32.2. The first-order valence-electron chi connectivity index (χ1n) is 4.59. The predicted molar refractivity (Wildman–Crippen MR) is 54.9 cm³/mol. The van der Waals surface area contributed by atoms with Gasteiger partial charge < -0.3 is 4.57 Å². The Morgan fingerprint density at radius 2 is 2.08 bits per heavy atom. The fraction of sp³-hybridized carbons (Fsp3) is 0.778.